The zero-order valence-corrected chi connectivity index (χ0v) is 43.8. The molecule has 5 nitrogen and oxygen atoms in total. The van der Waals surface area contributed by atoms with Gasteiger partial charge in [0.1, 0.15) is 0 Å². The summed E-state index contributed by atoms with van der Waals surface area (Å²) in [5, 5.41) is 2.34. The first kappa shape index (κ1) is 47.6. The third-order valence-electron chi connectivity index (χ3n) is 14.9. The number of aromatic nitrogens is 3. The number of anilines is 6. The van der Waals surface area contributed by atoms with E-state index < -0.39 is 0 Å². The molecule has 0 amide bonds. The highest BCUT2D eigenvalue weighted by molar-refractivity contribution is 6.12. The molecule has 13 rings (SSSR count). The van der Waals surface area contributed by atoms with Crippen molar-refractivity contribution in [3.63, 3.8) is 0 Å². The first-order chi connectivity index (χ1) is 38.4. The van der Waals surface area contributed by atoms with Crippen LogP contribution in [-0.4, -0.2) is 14.5 Å². The summed E-state index contributed by atoms with van der Waals surface area (Å²) in [6.07, 6.45) is 0. The lowest BCUT2D eigenvalue weighted by molar-refractivity contribution is 1.18. The summed E-state index contributed by atoms with van der Waals surface area (Å²) in [7, 11) is 0. The Morgan fingerprint density at radius 1 is 0.295 bits per heavy atom. The molecule has 2 aromatic heterocycles. The average molecular weight is 1000 g/mol. The quantitative estimate of drug-likeness (QED) is 0.122. The van der Waals surface area contributed by atoms with E-state index in [-0.39, 0.29) is 0 Å². The monoisotopic (exact) mass is 1000 g/mol. The molecule has 0 saturated heterocycles. The highest BCUT2D eigenvalue weighted by atomic mass is 15.1. The minimum atomic E-state index is 0.714. The molecule has 0 fully saturated rings. The van der Waals surface area contributed by atoms with E-state index in [9.17, 15) is 0 Å². The smallest absolute Gasteiger partial charge is 0.160 e. The predicted octanol–water partition coefficient (Wildman–Crippen LogP) is 19.8. The van der Waals surface area contributed by atoms with Crippen LogP contribution in [0.5, 0.6) is 0 Å². The van der Waals surface area contributed by atoms with Crippen LogP contribution < -0.4 is 9.80 Å². The first-order valence-electron chi connectivity index (χ1n) is 26.6. The van der Waals surface area contributed by atoms with Gasteiger partial charge in [-0.3, -0.25) is 0 Å². The molecular weight excluding hydrogens is 947 g/mol. The second kappa shape index (κ2) is 20.6. The van der Waals surface area contributed by atoms with Gasteiger partial charge in [-0.1, -0.05) is 187 Å². The Kier molecular flexibility index (Phi) is 12.5. The van der Waals surface area contributed by atoms with Crippen molar-refractivity contribution in [2.45, 2.75) is 20.8 Å². The molecule has 0 aliphatic rings. The van der Waals surface area contributed by atoms with Crippen molar-refractivity contribution in [2.24, 2.45) is 0 Å². The van der Waals surface area contributed by atoms with Gasteiger partial charge in [-0.05, 0) is 152 Å². The molecule has 0 aliphatic carbocycles. The number of aryl methyl sites for hydroxylation is 3. The number of fused-ring (bicyclic) bond motifs is 3. The van der Waals surface area contributed by atoms with Gasteiger partial charge in [0.2, 0.25) is 0 Å². The molecule has 0 bridgehead atoms. The van der Waals surface area contributed by atoms with Gasteiger partial charge in [0.05, 0.1) is 22.4 Å². The first-order valence-corrected chi connectivity index (χ1v) is 26.6. The zero-order chi connectivity index (χ0) is 52.5. The Hall–Kier alpha value is -10.1. The molecule has 0 spiro atoms. The maximum atomic E-state index is 5.11. The lowest BCUT2D eigenvalue weighted by Gasteiger charge is -2.26. The van der Waals surface area contributed by atoms with Crippen molar-refractivity contribution in [1.82, 2.24) is 14.5 Å². The van der Waals surface area contributed by atoms with E-state index in [4.69, 9.17) is 9.97 Å². The van der Waals surface area contributed by atoms with Crippen molar-refractivity contribution < 1.29 is 0 Å². The van der Waals surface area contributed by atoms with Gasteiger partial charge in [-0.25, -0.2) is 9.97 Å². The van der Waals surface area contributed by atoms with Gasteiger partial charge >= 0.3 is 0 Å². The fourth-order valence-electron chi connectivity index (χ4n) is 10.8. The van der Waals surface area contributed by atoms with E-state index in [1.807, 2.05) is 24.3 Å². The summed E-state index contributed by atoms with van der Waals surface area (Å²) in [6.45, 7) is 6.45. The second-order valence-corrected chi connectivity index (χ2v) is 20.1. The van der Waals surface area contributed by atoms with E-state index in [0.717, 1.165) is 107 Å². The zero-order valence-electron chi connectivity index (χ0n) is 43.8. The lowest BCUT2D eigenvalue weighted by Crippen LogP contribution is -2.10. The van der Waals surface area contributed by atoms with Gasteiger partial charge in [0.15, 0.2) is 5.82 Å². The van der Waals surface area contributed by atoms with Crippen LogP contribution in [0.15, 0.2) is 279 Å². The van der Waals surface area contributed by atoms with Gasteiger partial charge in [0.25, 0.3) is 0 Å². The maximum Gasteiger partial charge on any atom is 0.160 e. The number of para-hydroxylation sites is 2. The Balaban J connectivity index is 0.857. The molecule has 2 heterocycles. The van der Waals surface area contributed by atoms with Gasteiger partial charge in [-0.15, -0.1) is 0 Å². The van der Waals surface area contributed by atoms with Crippen LogP contribution in [0.3, 0.4) is 0 Å². The highest BCUT2D eigenvalue weighted by Gasteiger charge is 2.21. The Morgan fingerprint density at radius 3 is 1.18 bits per heavy atom. The summed E-state index contributed by atoms with van der Waals surface area (Å²) < 4.78 is 2.42. The fraction of sp³-hybridized carbons (Fsp3) is 0.0411. The van der Waals surface area contributed by atoms with Crippen LogP contribution in [0.25, 0.3) is 83.6 Å². The van der Waals surface area contributed by atoms with Crippen LogP contribution in [0.1, 0.15) is 16.7 Å². The molecule has 5 heteroatoms. The van der Waals surface area contributed by atoms with E-state index in [1.54, 1.807) is 0 Å². The molecule has 0 saturated carbocycles. The van der Waals surface area contributed by atoms with Crippen LogP contribution in [-0.2, 0) is 0 Å². The van der Waals surface area contributed by atoms with Crippen molar-refractivity contribution >= 4 is 55.9 Å². The Morgan fingerprint density at radius 2 is 0.692 bits per heavy atom. The molecule has 0 radical (unpaired) electrons. The van der Waals surface area contributed by atoms with Crippen LogP contribution >= 0.6 is 0 Å². The lowest BCUT2D eigenvalue weighted by atomic mass is 9.96. The minimum Gasteiger partial charge on any atom is -0.310 e. The molecule has 372 valence electrons. The highest BCUT2D eigenvalue weighted by Crippen LogP contribution is 2.43. The number of rotatable bonds is 12. The van der Waals surface area contributed by atoms with E-state index in [2.05, 4.69) is 290 Å². The van der Waals surface area contributed by atoms with Gasteiger partial charge < -0.3 is 14.4 Å². The Bertz CT molecular complexity index is 4030. The summed E-state index contributed by atoms with van der Waals surface area (Å²) in [5.74, 6) is 0.714. The van der Waals surface area contributed by atoms with Crippen molar-refractivity contribution in [2.75, 3.05) is 9.80 Å². The molecule has 0 aliphatic heterocycles. The predicted molar refractivity (Wildman–Crippen MR) is 327 cm³/mol. The molecule has 13 aromatic rings. The molecule has 78 heavy (non-hydrogen) atoms. The fourth-order valence-corrected chi connectivity index (χ4v) is 10.8. The third kappa shape index (κ3) is 9.29. The summed E-state index contributed by atoms with van der Waals surface area (Å²) in [6, 6.07) is 100. The number of hydrogen-bond donors (Lipinski definition) is 0. The summed E-state index contributed by atoms with van der Waals surface area (Å²) in [4.78, 5) is 14.8. The number of benzene rings is 11. The Labute approximate surface area is 456 Å². The normalized spacial score (nSPS) is 11.3. The molecule has 11 aromatic carbocycles. The molecular formula is C73H55N5. The van der Waals surface area contributed by atoms with E-state index >= 15 is 0 Å². The third-order valence-corrected chi connectivity index (χ3v) is 14.9. The van der Waals surface area contributed by atoms with Gasteiger partial charge in [-0.2, -0.15) is 0 Å². The topological polar surface area (TPSA) is 37.2 Å². The van der Waals surface area contributed by atoms with Crippen LogP contribution in [0.2, 0.25) is 0 Å². The van der Waals surface area contributed by atoms with Crippen LogP contribution in [0, 0.1) is 20.8 Å². The molecule has 0 atom stereocenters. The average Bonchev–Trinajstić information content (AvgIpc) is 3.97. The van der Waals surface area contributed by atoms with Crippen molar-refractivity contribution in [1.29, 1.82) is 0 Å². The SMILES string of the molecule is Cc1ccc(N(c2ccccc2)c2ccc3c(c2)c2cc(N(c4ccccc4)c4ccc(C)cc4)ccc2n3-c2ccc(-c3ccc(-c4ccc(-c5cc(-c6ccccc6)nc(-c6ccccc6)n5)c(C)c4)cc3)cc2)cc1. The van der Waals surface area contributed by atoms with Crippen molar-refractivity contribution in [3.05, 3.63) is 296 Å². The summed E-state index contributed by atoms with van der Waals surface area (Å²) in [5.41, 5.74) is 23.2. The number of hydrogen-bond acceptors (Lipinski definition) is 4. The maximum absolute atomic E-state index is 5.11. The molecule has 0 unspecified atom stereocenters. The minimum absolute atomic E-state index is 0.714. The van der Waals surface area contributed by atoms with Crippen LogP contribution in [0.4, 0.5) is 34.1 Å². The van der Waals surface area contributed by atoms with E-state index in [0.29, 0.717) is 5.82 Å². The molecule has 0 N–H and O–H groups in total. The van der Waals surface area contributed by atoms with Crippen molar-refractivity contribution in [3.8, 4) is 61.8 Å². The number of nitrogens with zero attached hydrogens (tertiary/aromatic N) is 5. The second-order valence-electron chi connectivity index (χ2n) is 20.1. The van der Waals surface area contributed by atoms with Gasteiger partial charge in [0, 0.05) is 67.3 Å². The van der Waals surface area contributed by atoms with E-state index in [1.165, 1.54) is 21.9 Å². The largest absolute Gasteiger partial charge is 0.310 e. The summed E-state index contributed by atoms with van der Waals surface area (Å²) >= 11 is 0. The standard InChI is InChI=1S/C73H55N5/c1-50-24-35-61(36-25-50)76(59-20-12-6-13-21-59)64-41-44-71-67(47-64)68-48-65(77(60-22-14-7-15-23-60)62-37-26-51(2)27-38-62)42-45-72(68)78(71)63-39-32-54(33-40-63)53-28-30-55(31-29-53)58-34-43-66(52(3)46-58)70-49-69(56-16-8-4-9-17-56)74-73(75-70)57-18-10-5-11-19-57/h4-49H,1-3H3.